The molecule has 2 nitrogen and oxygen atoms in total. The van der Waals surface area contributed by atoms with Crippen LogP contribution < -0.4 is 10.7 Å². The van der Waals surface area contributed by atoms with Crippen LogP contribution in [0.3, 0.4) is 0 Å². The summed E-state index contributed by atoms with van der Waals surface area (Å²) in [6.45, 7) is 4.26. The van der Waals surface area contributed by atoms with Crippen molar-refractivity contribution in [1.82, 2.24) is 0 Å². The van der Waals surface area contributed by atoms with Crippen LogP contribution in [-0.4, -0.2) is 5.66 Å². The summed E-state index contributed by atoms with van der Waals surface area (Å²) in [6.07, 6.45) is 2.15. The maximum absolute atomic E-state index is 4.61. The molecular weight excluding hydrogens is 160 g/mol. The number of nitrogens with zero attached hydrogens (tertiary/aromatic N) is 2. The summed E-state index contributed by atoms with van der Waals surface area (Å²) in [6, 6.07) is 8.07. The highest BCUT2D eigenvalue weighted by atomic mass is 15.1. The molecule has 0 fully saturated rings. The molecule has 0 radical (unpaired) electrons. The highest BCUT2D eigenvalue weighted by molar-refractivity contribution is 5.06. The first-order valence-electron chi connectivity index (χ1n) is 4.78. The summed E-state index contributed by atoms with van der Waals surface area (Å²) < 4.78 is 0. The minimum Gasteiger partial charge on any atom is -0.254 e. The maximum Gasteiger partial charge on any atom is 0.148 e. The van der Waals surface area contributed by atoms with Crippen LogP contribution in [-0.2, 0) is 0 Å². The number of benzene rings is 1. The van der Waals surface area contributed by atoms with Gasteiger partial charge < -0.3 is 0 Å². The molecule has 0 aromatic heterocycles. The smallest absolute Gasteiger partial charge is 0.148 e. The van der Waals surface area contributed by atoms with Crippen molar-refractivity contribution in [3.8, 4) is 0 Å². The van der Waals surface area contributed by atoms with Crippen LogP contribution >= 0.6 is 0 Å². The van der Waals surface area contributed by atoms with Gasteiger partial charge in [-0.1, -0.05) is 25.5 Å². The molecule has 13 heavy (non-hydrogen) atoms. The summed E-state index contributed by atoms with van der Waals surface area (Å²) in [5, 5.41) is 2.08. The molecule has 0 aliphatic carbocycles. The van der Waals surface area contributed by atoms with E-state index in [2.05, 4.69) is 23.8 Å². The second-order valence-electron chi connectivity index (χ2n) is 3.68. The molecule has 0 amide bonds. The maximum atomic E-state index is 4.61. The van der Waals surface area contributed by atoms with Crippen LogP contribution in [0.25, 0.3) is 0 Å². The first kappa shape index (κ1) is 8.42. The number of hydrogen-bond donors (Lipinski definition) is 0. The zero-order valence-corrected chi connectivity index (χ0v) is 8.12. The van der Waals surface area contributed by atoms with E-state index in [0.717, 1.165) is 23.6 Å². The van der Waals surface area contributed by atoms with Crippen molar-refractivity contribution in [2.75, 3.05) is 0 Å². The SMILES string of the molecule is CCCC1(C)N=c2ccccc2=N1. The Labute approximate surface area is 78.0 Å². The minimum atomic E-state index is -0.196. The van der Waals surface area contributed by atoms with E-state index in [4.69, 9.17) is 0 Å². The first-order chi connectivity index (χ1) is 6.23. The zero-order chi connectivity index (χ0) is 9.31. The van der Waals surface area contributed by atoms with E-state index in [0.29, 0.717) is 0 Å². The molecule has 1 aromatic carbocycles. The van der Waals surface area contributed by atoms with Gasteiger partial charge in [0.1, 0.15) is 5.66 Å². The van der Waals surface area contributed by atoms with Gasteiger partial charge in [0.05, 0.1) is 10.7 Å². The Kier molecular flexibility index (Phi) is 1.91. The predicted molar refractivity (Wildman–Crippen MR) is 52.1 cm³/mol. The third-order valence-corrected chi connectivity index (χ3v) is 2.33. The van der Waals surface area contributed by atoms with Gasteiger partial charge in [0, 0.05) is 0 Å². The summed E-state index contributed by atoms with van der Waals surface area (Å²) in [5.74, 6) is 0. The Hall–Kier alpha value is -1.18. The van der Waals surface area contributed by atoms with Gasteiger partial charge in [-0.25, -0.2) is 0 Å². The molecule has 0 spiro atoms. The zero-order valence-electron chi connectivity index (χ0n) is 8.12. The van der Waals surface area contributed by atoms with Crippen molar-refractivity contribution in [2.45, 2.75) is 32.4 Å². The molecule has 2 heteroatoms. The number of para-hydroxylation sites is 2. The average Bonchev–Trinajstić information content (AvgIpc) is 2.40. The fourth-order valence-electron chi connectivity index (χ4n) is 1.78. The molecular formula is C11H14N2. The van der Waals surface area contributed by atoms with Crippen molar-refractivity contribution < 1.29 is 0 Å². The molecule has 68 valence electrons. The van der Waals surface area contributed by atoms with Crippen LogP contribution in [0.4, 0.5) is 0 Å². The fourth-order valence-corrected chi connectivity index (χ4v) is 1.78. The molecule has 0 N–H and O–H groups in total. The van der Waals surface area contributed by atoms with E-state index >= 15 is 0 Å². The van der Waals surface area contributed by atoms with Crippen LogP contribution in [0.15, 0.2) is 34.3 Å². The largest absolute Gasteiger partial charge is 0.254 e. The number of rotatable bonds is 2. The van der Waals surface area contributed by atoms with E-state index in [1.54, 1.807) is 0 Å². The minimum absolute atomic E-state index is 0.196. The molecule has 0 unspecified atom stereocenters. The van der Waals surface area contributed by atoms with E-state index in [9.17, 15) is 0 Å². The molecule has 0 atom stereocenters. The highest BCUT2D eigenvalue weighted by Crippen LogP contribution is 2.18. The third kappa shape index (κ3) is 1.48. The van der Waals surface area contributed by atoms with Crippen molar-refractivity contribution >= 4 is 0 Å². The number of fused-ring (bicyclic) bond motifs is 1. The van der Waals surface area contributed by atoms with Gasteiger partial charge >= 0.3 is 0 Å². The Morgan fingerprint density at radius 3 is 2.15 bits per heavy atom. The molecule has 1 aliphatic rings. The first-order valence-corrected chi connectivity index (χ1v) is 4.78. The predicted octanol–water partition coefficient (Wildman–Crippen LogP) is 1.46. The van der Waals surface area contributed by atoms with E-state index in [1.165, 1.54) is 0 Å². The molecule has 2 rings (SSSR count). The standard InChI is InChI=1S/C11H14N2/c1-3-8-11(2)12-9-6-4-5-7-10(9)13-11/h4-7H,3,8H2,1-2H3. The average molecular weight is 174 g/mol. The molecule has 0 bridgehead atoms. The van der Waals surface area contributed by atoms with Crippen molar-refractivity contribution in [3.63, 3.8) is 0 Å². The van der Waals surface area contributed by atoms with E-state index in [1.807, 2.05) is 24.3 Å². The number of hydrogen-bond acceptors (Lipinski definition) is 2. The van der Waals surface area contributed by atoms with Gasteiger partial charge in [-0.05, 0) is 25.5 Å². The topological polar surface area (TPSA) is 24.7 Å². The van der Waals surface area contributed by atoms with Gasteiger partial charge in [0.2, 0.25) is 0 Å². The monoisotopic (exact) mass is 174 g/mol. The van der Waals surface area contributed by atoms with Crippen molar-refractivity contribution in [2.24, 2.45) is 9.98 Å². The van der Waals surface area contributed by atoms with Gasteiger partial charge in [0.25, 0.3) is 0 Å². The van der Waals surface area contributed by atoms with E-state index in [-0.39, 0.29) is 5.66 Å². The van der Waals surface area contributed by atoms with Crippen LogP contribution in [0.5, 0.6) is 0 Å². The highest BCUT2D eigenvalue weighted by Gasteiger charge is 2.22. The van der Waals surface area contributed by atoms with Crippen LogP contribution in [0.1, 0.15) is 26.7 Å². The Bertz CT molecular complexity index is 385. The van der Waals surface area contributed by atoms with Gasteiger partial charge in [-0.2, -0.15) is 0 Å². The summed E-state index contributed by atoms with van der Waals surface area (Å²) >= 11 is 0. The molecule has 0 saturated heterocycles. The van der Waals surface area contributed by atoms with Crippen LogP contribution in [0, 0.1) is 0 Å². The normalized spacial score (nSPS) is 17.4. The fraction of sp³-hybridized carbons (Fsp3) is 0.455. The van der Waals surface area contributed by atoms with Crippen molar-refractivity contribution in [3.05, 3.63) is 35.0 Å². The lowest BCUT2D eigenvalue weighted by atomic mass is 10.1. The Morgan fingerprint density at radius 2 is 1.69 bits per heavy atom. The summed E-state index contributed by atoms with van der Waals surface area (Å²) in [4.78, 5) is 9.21. The van der Waals surface area contributed by atoms with Crippen molar-refractivity contribution in [1.29, 1.82) is 0 Å². The molecule has 0 saturated carbocycles. The third-order valence-electron chi connectivity index (χ3n) is 2.33. The summed E-state index contributed by atoms with van der Waals surface area (Å²) in [5.41, 5.74) is -0.196. The van der Waals surface area contributed by atoms with Gasteiger partial charge in [-0.3, -0.25) is 9.98 Å². The Morgan fingerprint density at radius 1 is 1.15 bits per heavy atom. The van der Waals surface area contributed by atoms with Crippen LogP contribution in [0.2, 0.25) is 0 Å². The second kappa shape index (κ2) is 2.95. The quantitative estimate of drug-likeness (QED) is 0.648. The van der Waals surface area contributed by atoms with Gasteiger partial charge in [-0.15, -0.1) is 0 Å². The van der Waals surface area contributed by atoms with E-state index < -0.39 is 0 Å². The lowest BCUT2D eigenvalue weighted by Crippen LogP contribution is -2.19. The molecule has 1 aromatic rings. The molecule has 1 heterocycles. The lowest BCUT2D eigenvalue weighted by molar-refractivity contribution is 0.448. The Balaban J connectivity index is 2.50. The summed E-state index contributed by atoms with van der Waals surface area (Å²) in [7, 11) is 0. The molecule has 1 aliphatic heterocycles. The lowest BCUT2D eigenvalue weighted by Gasteiger charge is -2.15. The van der Waals surface area contributed by atoms with Gasteiger partial charge in [0.15, 0.2) is 0 Å². The second-order valence-corrected chi connectivity index (χ2v) is 3.68.